The number of amides is 1. The molecule has 0 atom stereocenters. The second-order valence-electron chi connectivity index (χ2n) is 3.49. The van der Waals surface area contributed by atoms with Gasteiger partial charge in [-0.2, -0.15) is 12.7 Å². The molecule has 1 N–H and O–H groups in total. The lowest BCUT2D eigenvalue weighted by Crippen LogP contribution is -2.45. The number of carbonyl (C=O) groups is 1. The van der Waals surface area contributed by atoms with Crippen LogP contribution in [0.5, 0.6) is 0 Å². The van der Waals surface area contributed by atoms with Gasteiger partial charge in [0.15, 0.2) is 0 Å². The zero-order chi connectivity index (χ0) is 13.2. The van der Waals surface area contributed by atoms with E-state index in [1.807, 2.05) is 0 Å². The number of fused-ring (bicyclic) bond motifs is 1. The van der Waals surface area contributed by atoms with Crippen molar-refractivity contribution in [1.82, 2.24) is 4.31 Å². The summed E-state index contributed by atoms with van der Waals surface area (Å²) in [6.45, 7) is -0.479. The normalized spacial score (nSPS) is 16.6. The van der Waals surface area contributed by atoms with Gasteiger partial charge < -0.3 is 4.74 Å². The number of hydrogen-bond donors (Lipinski definition) is 1. The van der Waals surface area contributed by atoms with E-state index >= 15 is 0 Å². The van der Waals surface area contributed by atoms with Crippen LogP contribution in [0.15, 0.2) is 24.3 Å². The predicted molar refractivity (Wildman–Crippen MR) is 64.8 cm³/mol. The molecule has 0 radical (unpaired) electrons. The average Bonchev–Trinajstić information content (AvgIpc) is 2.33. The highest BCUT2D eigenvalue weighted by atomic mass is 32.2. The predicted octanol–water partition coefficient (Wildman–Crippen LogP) is 0.406. The lowest BCUT2D eigenvalue weighted by Gasteiger charge is -2.28. The Morgan fingerprint density at radius 1 is 1.39 bits per heavy atom. The first-order valence-corrected chi connectivity index (χ1v) is 6.45. The fraction of sp³-hybridized carbons (Fsp3) is 0.182. The van der Waals surface area contributed by atoms with E-state index in [4.69, 9.17) is 11.2 Å². The molecule has 0 unspecified atom stereocenters. The zero-order valence-corrected chi connectivity index (χ0v) is 10.1. The van der Waals surface area contributed by atoms with E-state index in [0.717, 1.165) is 0 Å². The summed E-state index contributed by atoms with van der Waals surface area (Å²) < 4.78 is 31.4. The van der Waals surface area contributed by atoms with Gasteiger partial charge in [-0.15, -0.1) is 6.42 Å². The number of ether oxygens (including phenoxy) is 1. The molecule has 0 saturated carbocycles. The van der Waals surface area contributed by atoms with Gasteiger partial charge in [0.2, 0.25) is 0 Å². The molecule has 18 heavy (non-hydrogen) atoms. The quantitative estimate of drug-likeness (QED) is 0.635. The Labute approximate surface area is 105 Å². The standard InChI is InChI=1S/C11H10N2O4S/c1-2-7-17-8-13-11(14)9-5-3-4-6-10(9)12-18(13,15)16/h1,3-6,12H,7-8H2. The van der Waals surface area contributed by atoms with Crippen LogP contribution in [0.3, 0.4) is 0 Å². The van der Waals surface area contributed by atoms with E-state index in [1.165, 1.54) is 12.1 Å². The van der Waals surface area contributed by atoms with Crippen molar-refractivity contribution in [3.63, 3.8) is 0 Å². The summed E-state index contributed by atoms with van der Waals surface area (Å²) in [7, 11) is -3.93. The fourth-order valence-electron chi connectivity index (χ4n) is 1.51. The maximum Gasteiger partial charge on any atom is 0.328 e. The third-order valence-electron chi connectivity index (χ3n) is 2.31. The molecule has 1 aliphatic heterocycles. The molecule has 0 aliphatic carbocycles. The molecule has 0 bridgehead atoms. The monoisotopic (exact) mass is 266 g/mol. The molecule has 6 nitrogen and oxygen atoms in total. The van der Waals surface area contributed by atoms with Gasteiger partial charge in [-0.1, -0.05) is 18.1 Å². The molecule has 1 aliphatic rings. The lowest BCUT2D eigenvalue weighted by atomic mass is 10.2. The molecule has 0 spiro atoms. The summed E-state index contributed by atoms with van der Waals surface area (Å²) in [4.78, 5) is 12.0. The molecular weight excluding hydrogens is 256 g/mol. The van der Waals surface area contributed by atoms with Gasteiger partial charge in [0, 0.05) is 0 Å². The van der Waals surface area contributed by atoms with Crippen LogP contribution in [0.25, 0.3) is 0 Å². The molecule has 1 aromatic rings. The van der Waals surface area contributed by atoms with E-state index in [0.29, 0.717) is 4.31 Å². The summed E-state index contributed by atoms with van der Waals surface area (Å²) >= 11 is 0. The number of terminal acetylenes is 1. The first kappa shape index (κ1) is 12.4. The van der Waals surface area contributed by atoms with Crippen LogP contribution in [-0.2, 0) is 14.9 Å². The van der Waals surface area contributed by atoms with Crippen LogP contribution in [0.2, 0.25) is 0 Å². The molecule has 0 fully saturated rings. The van der Waals surface area contributed by atoms with E-state index < -0.39 is 22.8 Å². The summed E-state index contributed by atoms with van der Waals surface area (Å²) in [6.07, 6.45) is 4.98. The number of benzene rings is 1. The maximum atomic E-state index is 12.0. The Balaban J connectivity index is 2.32. The topological polar surface area (TPSA) is 75.7 Å². The summed E-state index contributed by atoms with van der Waals surface area (Å²) in [5.74, 6) is 1.56. The zero-order valence-electron chi connectivity index (χ0n) is 9.29. The van der Waals surface area contributed by atoms with Crippen LogP contribution >= 0.6 is 0 Å². The Morgan fingerprint density at radius 3 is 2.83 bits per heavy atom. The Kier molecular flexibility index (Phi) is 3.23. The summed E-state index contributed by atoms with van der Waals surface area (Å²) in [5.41, 5.74) is 0.535. The van der Waals surface area contributed by atoms with E-state index in [-0.39, 0.29) is 17.9 Å². The van der Waals surface area contributed by atoms with Crippen LogP contribution < -0.4 is 4.72 Å². The minimum Gasteiger partial charge on any atom is -0.347 e. The van der Waals surface area contributed by atoms with Gasteiger partial charge in [0.1, 0.15) is 13.3 Å². The third kappa shape index (κ3) is 2.16. The Bertz CT molecular complexity index is 618. The van der Waals surface area contributed by atoms with Crippen molar-refractivity contribution < 1.29 is 17.9 Å². The minimum absolute atomic E-state index is 0.0685. The van der Waals surface area contributed by atoms with Crippen molar-refractivity contribution in [2.24, 2.45) is 0 Å². The highest BCUT2D eigenvalue weighted by Crippen LogP contribution is 2.25. The van der Waals surface area contributed by atoms with Crippen molar-refractivity contribution in [2.75, 3.05) is 18.1 Å². The molecule has 1 heterocycles. The Morgan fingerprint density at radius 2 is 2.11 bits per heavy atom. The number of anilines is 1. The number of nitrogens with zero attached hydrogens (tertiary/aromatic N) is 1. The van der Waals surface area contributed by atoms with Crippen molar-refractivity contribution >= 4 is 21.8 Å². The SMILES string of the molecule is C#CCOCN1C(=O)c2ccccc2NS1(=O)=O. The first-order valence-electron chi connectivity index (χ1n) is 5.01. The van der Waals surface area contributed by atoms with Crippen molar-refractivity contribution in [3.8, 4) is 12.3 Å². The second kappa shape index (κ2) is 4.68. The fourth-order valence-corrected chi connectivity index (χ4v) is 2.61. The van der Waals surface area contributed by atoms with Crippen LogP contribution in [0.4, 0.5) is 5.69 Å². The molecule has 1 aromatic carbocycles. The minimum atomic E-state index is -3.93. The second-order valence-corrected chi connectivity index (χ2v) is 5.08. The van der Waals surface area contributed by atoms with Crippen LogP contribution in [0.1, 0.15) is 10.4 Å². The smallest absolute Gasteiger partial charge is 0.328 e. The van der Waals surface area contributed by atoms with E-state index in [2.05, 4.69) is 10.6 Å². The van der Waals surface area contributed by atoms with Crippen LogP contribution in [-0.4, -0.2) is 32.0 Å². The van der Waals surface area contributed by atoms with Crippen molar-refractivity contribution in [3.05, 3.63) is 29.8 Å². The van der Waals surface area contributed by atoms with E-state index in [9.17, 15) is 13.2 Å². The third-order valence-corrected chi connectivity index (χ3v) is 3.64. The molecular formula is C11H10N2O4S. The lowest BCUT2D eigenvalue weighted by molar-refractivity contribution is 0.0604. The molecule has 94 valence electrons. The summed E-state index contributed by atoms with van der Waals surface area (Å²) in [6, 6.07) is 6.34. The molecule has 0 aromatic heterocycles. The summed E-state index contributed by atoms with van der Waals surface area (Å²) in [5, 5.41) is 0. The molecule has 1 amide bonds. The van der Waals surface area contributed by atoms with Gasteiger partial charge in [-0.3, -0.25) is 9.52 Å². The number of rotatable bonds is 3. The van der Waals surface area contributed by atoms with Gasteiger partial charge in [0.25, 0.3) is 5.91 Å². The highest BCUT2D eigenvalue weighted by Gasteiger charge is 2.35. The largest absolute Gasteiger partial charge is 0.347 e. The number of hydrogen-bond acceptors (Lipinski definition) is 4. The molecule has 7 heteroatoms. The van der Waals surface area contributed by atoms with Gasteiger partial charge in [-0.25, -0.2) is 0 Å². The van der Waals surface area contributed by atoms with Gasteiger partial charge in [0.05, 0.1) is 11.3 Å². The average molecular weight is 266 g/mol. The maximum absolute atomic E-state index is 12.0. The first-order chi connectivity index (χ1) is 8.56. The van der Waals surface area contributed by atoms with Crippen molar-refractivity contribution in [2.45, 2.75) is 0 Å². The van der Waals surface area contributed by atoms with Gasteiger partial charge >= 0.3 is 10.2 Å². The molecule has 2 rings (SSSR count). The highest BCUT2D eigenvalue weighted by molar-refractivity contribution is 7.91. The van der Waals surface area contributed by atoms with Crippen LogP contribution in [0, 0.1) is 12.3 Å². The van der Waals surface area contributed by atoms with E-state index in [1.54, 1.807) is 12.1 Å². The van der Waals surface area contributed by atoms with Crippen molar-refractivity contribution in [1.29, 1.82) is 0 Å². The van der Waals surface area contributed by atoms with Gasteiger partial charge in [-0.05, 0) is 12.1 Å². The number of nitrogens with one attached hydrogen (secondary N) is 1. The Hall–Kier alpha value is -2.04. The number of carbonyl (C=O) groups excluding carboxylic acids is 1. The molecule has 0 saturated heterocycles. The number of para-hydroxylation sites is 1.